The van der Waals surface area contributed by atoms with Crippen molar-refractivity contribution in [3.05, 3.63) is 5.82 Å². The molecular formula is C8H10F3N3O2S. The predicted molar refractivity (Wildman–Crippen MR) is 53.3 cm³/mol. The Morgan fingerprint density at radius 1 is 1.47 bits per heavy atom. The minimum absolute atomic E-state index is 0.00947. The van der Waals surface area contributed by atoms with Crippen molar-refractivity contribution >= 4 is 17.7 Å². The first-order chi connectivity index (χ1) is 7.77. The molecule has 0 N–H and O–H groups in total. The maximum absolute atomic E-state index is 12.4. The third-order valence-electron chi connectivity index (χ3n) is 1.90. The SMILES string of the molecule is COC(=O)[C@@H](C)Sc1nnc(C(F)(F)F)n1C. The second kappa shape index (κ2) is 4.94. The summed E-state index contributed by atoms with van der Waals surface area (Å²) < 4.78 is 42.5. The fourth-order valence-electron chi connectivity index (χ4n) is 1.04. The summed E-state index contributed by atoms with van der Waals surface area (Å²) in [6, 6.07) is 0. The van der Waals surface area contributed by atoms with Gasteiger partial charge in [-0.15, -0.1) is 10.2 Å². The van der Waals surface area contributed by atoms with E-state index in [0.29, 0.717) is 0 Å². The molecule has 5 nitrogen and oxygen atoms in total. The number of carbonyl (C=O) groups is 1. The zero-order valence-electron chi connectivity index (χ0n) is 9.28. The van der Waals surface area contributed by atoms with E-state index >= 15 is 0 Å². The first-order valence-electron chi connectivity index (χ1n) is 4.48. The summed E-state index contributed by atoms with van der Waals surface area (Å²) in [5.74, 6) is -1.64. The van der Waals surface area contributed by atoms with Crippen LogP contribution in [0.2, 0.25) is 0 Å². The average Bonchev–Trinajstić information content (AvgIpc) is 2.58. The van der Waals surface area contributed by atoms with Gasteiger partial charge in [0.25, 0.3) is 0 Å². The van der Waals surface area contributed by atoms with Crippen molar-refractivity contribution in [2.75, 3.05) is 7.11 Å². The molecule has 96 valence electrons. The molecule has 0 aliphatic rings. The predicted octanol–water partition coefficient (Wildman–Crippen LogP) is 1.49. The van der Waals surface area contributed by atoms with Gasteiger partial charge < -0.3 is 9.30 Å². The molecule has 0 spiro atoms. The molecule has 0 radical (unpaired) electrons. The van der Waals surface area contributed by atoms with Crippen LogP contribution in [0.25, 0.3) is 0 Å². The summed E-state index contributed by atoms with van der Waals surface area (Å²) in [5.41, 5.74) is 0. The highest BCUT2D eigenvalue weighted by Crippen LogP contribution is 2.30. The lowest BCUT2D eigenvalue weighted by Crippen LogP contribution is -2.16. The molecule has 1 aromatic rings. The molecule has 0 saturated heterocycles. The maximum Gasteiger partial charge on any atom is 0.451 e. The molecule has 0 amide bonds. The van der Waals surface area contributed by atoms with Crippen molar-refractivity contribution in [2.24, 2.45) is 7.05 Å². The smallest absolute Gasteiger partial charge is 0.451 e. The lowest BCUT2D eigenvalue weighted by molar-refractivity contribution is -0.147. The third kappa shape index (κ3) is 3.11. The highest BCUT2D eigenvalue weighted by atomic mass is 32.2. The van der Waals surface area contributed by atoms with Crippen LogP contribution in [0.5, 0.6) is 0 Å². The van der Waals surface area contributed by atoms with Crippen LogP contribution in [0.4, 0.5) is 13.2 Å². The summed E-state index contributed by atoms with van der Waals surface area (Å²) in [4.78, 5) is 11.1. The van der Waals surface area contributed by atoms with Crippen LogP contribution < -0.4 is 0 Å². The number of methoxy groups -OCH3 is 1. The second-order valence-electron chi connectivity index (χ2n) is 3.15. The Bertz CT molecular complexity index is 419. The fraction of sp³-hybridized carbons (Fsp3) is 0.625. The normalized spacial score (nSPS) is 13.5. The fourth-order valence-corrected chi connectivity index (χ4v) is 1.88. The van der Waals surface area contributed by atoms with Crippen LogP contribution in [0, 0.1) is 0 Å². The molecule has 17 heavy (non-hydrogen) atoms. The number of ether oxygens (including phenoxy) is 1. The van der Waals surface area contributed by atoms with Gasteiger partial charge >= 0.3 is 12.1 Å². The van der Waals surface area contributed by atoms with E-state index in [1.165, 1.54) is 21.1 Å². The van der Waals surface area contributed by atoms with Crippen molar-refractivity contribution in [2.45, 2.75) is 23.5 Å². The molecule has 1 heterocycles. The Hall–Kier alpha value is -1.25. The summed E-state index contributed by atoms with van der Waals surface area (Å²) >= 11 is 0.855. The zero-order valence-corrected chi connectivity index (χ0v) is 10.1. The Kier molecular flexibility index (Phi) is 4.02. The maximum atomic E-state index is 12.4. The molecule has 0 fully saturated rings. The quantitative estimate of drug-likeness (QED) is 0.614. The van der Waals surface area contributed by atoms with E-state index < -0.39 is 23.2 Å². The Morgan fingerprint density at radius 3 is 2.47 bits per heavy atom. The highest BCUT2D eigenvalue weighted by Gasteiger charge is 2.37. The molecule has 1 atom stereocenters. The van der Waals surface area contributed by atoms with Crippen LogP contribution in [0.15, 0.2) is 5.16 Å². The van der Waals surface area contributed by atoms with Gasteiger partial charge in [-0.2, -0.15) is 13.2 Å². The molecular weight excluding hydrogens is 259 g/mol. The van der Waals surface area contributed by atoms with Crippen LogP contribution in [-0.2, 0) is 22.8 Å². The van der Waals surface area contributed by atoms with Crippen LogP contribution in [0.1, 0.15) is 12.7 Å². The molecule has 1 rings (SSSR count). The summed E-state index contributed by atoms with van der Waals surface area (Å²) in [6.45, 7) is 1.51. The first-order valence-corrected chi connectivity index (χ1v) is 5.36. The van der Waals surface area contributed by atoms with Gasteiger partial charge in [-0.3, -0.25) is 4.79 Å². The zero-order chi connectivity index (χ0) is 13.2. The van der Waals surface area contributed by atoms with Crippen molar-refractivity contribution in [3.8, 4) is 0 Å². The Balaban J connectivity index is 2.88. The minimum Gasteiger partial charge on any atom is -0.468 e. The molecule has 1 aromatic heterocycles. The van der Waals surface area contributed by atoms with E-state index in [4.69, 9.17) is 0 Å². The van der Waals surface area contributed by atoms with E-state index in [0.717, 1.165) is 16.3 Å². The number of rotatable bonds is 3. The van der Waals surface area contributed by atoms with Gasteiger partial charge in [0.2, 0.25) is 5.82 Å². The number of thioether (sulfide) groups is 1. The van der Waals surface area contributed by atoms with E-state index in [1.54, 1.807) is 0 Å². The highest BCUT2D eigenvalue weighted by molar-refractivity contribution is 8.00. The van der Waals surface area contributed by atoms with Crippen LogP contribution in [-0.4, -0.2) is 33.1 Å². The van der Waals surface area contributed by atoms with Gasteiger partial charge in [-0.05, 0) is 6.92 Å². The number of halogens is 3. The number of hydrogen-bond donors (Lipinski definition) is 0. The van der Waals surface area contributed by atoms with Gasteiger partial charge in [0.1, 0.15) is 5.25 Å². The topological polar surface area (TPSA) is 57.0 Å². The van der Waals surface area contributed by atoms with E-state index in [2.05, 4.69) is 14.9 Å². The number of esters is 1. The Labute approximate surface area is 99.3 Å². The largest absolute Gasteiger partial charge is 0.468 e. The summed E-state index contributed by atoms with van der Waals surface area (Å²) in [5, 5.41) is 5.79. The molecule has 9 heteroatoms. The summed E-state index contributed by atoms with van der Waals surface area (Å²) in [7, 11) is 2.40. The lowest BCUT2D eigenvalue weighted by atomic mass is 10.5. The third-order valence-corrected chi connectivity index (χ3v) is 3.02. The monoisotopic (exact) mass is 269 g/mol. The van der Waals surface area contributed by atoms with Crippen LogP contribution in [0.3, 0.4) is 0 Å². The van der Waals surface area contributed by atoms with E-state index in [-0.39, 0.29) is 5.16 Å². The number of carbonyl (C=O) groups excluding carboxylic acids is 1. The van der Waals surface area contributed by atoms with Crippen molar-refractivity contribution in [1.82, 2.24) is 14.8 Å². The van der Waals surface area contributed by atoms with Gasteiger partial charge in [-0.1, -0.05) is 11.8 Å². The standard InChI is InChI=1S/C8H10F3N3O2S/c1-4(5(15)16-3)17-7-13-12-6(14(7)2)8(9,10)11/h4H,1-3H3/t4-/m1/s1. The molecule has 0 aliphatic heterocycles. The van der Waals surface area contributed by atoms with Gasteiger partial charge in [0.15, 0.2) is 5.16 Å². The molecule has 0 bridgehead atoms. The van der Waals surface area contributed by atoms with E-state index in [9.17, 15) is 18.0 Å². The number of alkyl halides is 3. The number of hydrogen-bond acceptors (Lipinski definition) is 5. The van der Waals surface area contributed by atoms with Gasteiger partial charge in [0.05, 0.1) is 7.11 Å². The summed E-state index contributed by atoms with van der Waals surface area (Å²) in [6.07, 6.45) is -4.56. The first kappa shape index (κ1) is 13.8. The Morgan fingerprint density at radius 2 is 2.06 bits per heavy atom. The van der Waals surface area contributed by atoms with Gasteiger partial charge in [-0.25, -0.2) is 0 Å². The van der Waals surface area contributed by atoms with Crippen molar-refractivity contribution in [3.63, 3.8) is 0 Å². The second-order valence-corrected chi connectivity index (χ2v) is 4.45. The lowest BCUT2D eigenvalue weighted by Gasteiger charge is -2.09. The number of aromatic nitrogens is 3. The van der Waals surface area contributed by atoms with Crippen molar-refractivity contribution in [1.29, 1.82) is 0 Å². The minimum atomic E-state index is -4.56. The van der Waals surface area contributed by atoms with Crippen molar-refractivity contribution < 1.29 is 22.7 Å². The number of nitrogens with zero attached hydrogens (tertiary/aromatic N) is 3. The average molecular weight is 269 g/mol. The molecule has 0 aromatic carbocycles. The van der Waals surface area contributed by atoms with E-state index in [1.807, 2.05) is 0 Å². The van der Waals surface area contributed by atoms with Gasteiger partial charge in [0, 0.05) is 7.05 Å². The molecule has 0 unspecified atom stereocenters. The molecule has 0 saturated carbocycles. The molecule has 0 aliphatic carbocycles. The van der Waals surface area contributed by atoms with Crippen LogP contribution >= 0.6 is 11.8 Å².